The maximum atomic E-state index is 3.47. The third kappa shape index (κ3) is 3.81. The van der Waals surface area contributed by atoms with E-state index >= 15 is 0 Å². The summed E-state index contributed by atoms with van der Waals surface area (Å²) in [7, 11) is 2.08. The SMILES string of the molecule is CNC(CCC(C)C)Cc1cccc2ccccc12. The summed E-state index contributed by atoms with van der Waals surface area (Å²) < 4.78 is 0. The average molecular weight is 255 g/mol. The first kappa shape index (κ1) is 14.1. The molecule has 0 spiro atoms. The van der Waals surface area contributed by atoms with Gasteiger partial charge in [-0.05, 0) is 48.6 Å². The molecule has 0 saturated carbocycles. The second-order valence-electron chi connectivity index (χ2n) is 5.80. The van der Waals surface area contributed by atoms with Gasteiger partial charge in [-0.3, -0.25) is 0 Å². The Morgan fingerprint density at radius 1 is 0.947 bits per heavy atom. The lowest BCUT2D eigenvalue weighted by Gasteiger charge is -2.18. The lowest BCUT2D eigenvalue weighted by Crippen LogP contribution is -2.28. The number of fused-ring (bicyclic) bond motifs is 1. The summed E-state index contributed by atoms with van der Waals surface area (Å²) in [5.74, 6) is 0.781. The molecule has 1 atom stereocenters. The van der Waals surface area contributed by atoms with Gasteiger partial charge in [0.05, 0.1) is 0 Å². The van der Waals surface area contributed by atoms with E-state index in [2.05, 4.69) is 68.7 Å². The van der Waals surface area contributed by atoms with Crippen molar-refractivity contribution >= 4 is 10.8 Å². The lowest BCUT2D eigenvalue weighted by atomic mass is 9.95. The minimum Gasteiger partial charge on any atom is -0.317 e. The van der Waals surface area contributed by atoms with E-state index in [1.54, 1.807) is 0 Å². The van der Waals surface area contributed by atoms with Crippen molar-refractivity contribution in [3.05, 3.63) is 48.0 Å². The molecule has 0 fully saturated rings. The Morgan fingerprint density at radius 3 is 2.42 bits per heavy atom. The molecular weight excluding hydrogens is 230 g/mol. The molecule has 1 unspecified atom stereocenters. The fraction of sp³-hybridized carbons (Fsp3) is 0.444. The van der Waals surface area contributed by atoms with Crippen LogP contribution in [0.1, 0.15) is 32.3 Å². The first-order valence-electron chi connectivity index (χ1n) is 7.34. The Bertz CT molecular complexity index is 511. The smallest absolute Gasteiger partial charge is 0.0105 e. The molecule has 0 saturated heterocycles. The van der Waals surface area contributed by atoms with Crippen molar-refractivity contribution in [3.63, 3.8) is 0 Å². The summed E-state index contributed by atoms with van der Waals surface area (Å²) in [6, 6.07) is 15.9. The van der Waals surface area contributed by atoms with E-state index in [4.69, 9.17) is 0 Å². The second kappa shape index (κ2) is 6.72. The van der Waals surface area contributed by atoms with Crippen LogP contribution in [0.5, 0.6) is 0 Å². The fourth-order valence-corrected chi connectivity index (χ4v) is 2.62. The van der Waals surface area contributed by atoms with Gasteiger partial charge in [-0.25, -0.2) is 0 Å². The van der Waals surface area contributed by atoms with Crippen LogP contribution in [0.4, 0.5) is 0 Å². The van der Waals surface area contributed by atoms with Gasteiger partial charge in [0.1, 0.15) is 0 Å². The molecule has 0 aliphatic carbocycles. The van der Waals surface area contributed by atoms with Crippen LogP contribution in [0.2, 0.25) is 0 Å². The first-order chi connectivity index (χ1) is 9.20. The highest BCUT2D eigenvalue weighted by molar-refractivity contribution is 5.85. The van der Waals surface area contributed by atoms with Gasteiger partial charge in [-0.15, -0.1) is 0 Å². The number of hydrogen-bond acceptors (Lipinski definition) is 1. The lowest BCUT2D eigenvalue weighted by molar-refractivity contribution is 0.451. The van der Waals surface area contributed by atoms with E-state index in [0.717, 1.165) is 12.3 Å². The Balaban J connectivity index is 2.15. The van der Waals surface area contributed by atoms with Gasteiger partial charge < -0.3 is 5.32 Å². The van der Waals surface area contributed by atoms with Crippen LogP contribution in [0.25, 0.3) is 10.8 Å². The summed E-state index contributed by atoms with van der Waals surface area (Å²) >= 11 is 0. The maximum absolute atomic E-state index is 3.47. The number of hydrogen-bond donors (Lipinski definition) is 1. The van der Waals surface area contributed by atoms with Gasteiger partial charge in [0.25, 0.3) is 0 Å². The highest BCUT2D eigenvalue weighted by Gasteiger charge is 2.10. The summed E-state index contributed by atoms with van der Waals surface area (Å²) in [6.07, 6.45) is 3.65. The van der Waals surface area contributed by atoms with Crippen molar-refractivity contribution in [2.24, 2.45) is 5.92 Å². The van der Waals surface area contributed by atoms with Gasteiger partial charge in [0, 0.05) is 6.04 Å². The molecule has 0 aromatic heterocycles. The molecule has 0 amide bonds. The molecule has 19 heavy (non-hydrogen) atoms. The van der Waals surface area contributed by atoms with Crippen LogP contribution in [-0.2, 0) is 6.42 Å². The Hall–Kier alpha value is -1.34. The molecule has 1 N–H and O–H groups in total. The van der Waals surface area contributed by atoms with E-state index in [1.165, 1.54) is 29.2 Å². The minimum atomic E-state index is 0.577. The van der Waals surface area contributed by atoms with Crippen LogP contribution in [0.15, 0.2) is 42.5 Å². The number of likely N-dealkylation sites (N-methyl/N-ethyl adjacent to an activating group) is 1. The molecule has 2 rings (SSSR count). The number of benzene rings is 2. The second-order valence-corrected chi connectivity index (χ2v) is 5.80. The molecule has 2 aromatic rings. The van der Waals surface area contributed by atoms with Crippen molar-refractivity contribution in [1.82, 2.24) is 5.32 Å². The largest absolute Gasteiger partial charge is 0.317 e. The Kier molecular flexibility index (Phi) is 4.98. The molecule has 0 radical (unpaired) electrons. The summed E-state index contributed by atoms with van der Waals surface area (Å²) in [6.45, 7) is 4.59. The summed E-state index contributed by atoms with van der Waals surface area (Å²) in [5, 5.41) is 6.21. The molecule has 1 nitrogen and oxygen atoms in total. The van der Waals surface area contributed by atoms with E-state index in [1.807, 2.05) is 0 Å². The number of rotatable bonds is 6. The zero-order valence-corrected chi connectivity index (χ0v) is 12.3. The zero-order chi connectivity index (χ0) is 13.7. The summed E-state index contributed by atoms with van der Waals surface area (Å²) in [4.78, 5) is 0. The highest BCUT2D eigenvalue weighted by Crippen LogP contribution is 2.21. The predicted octanol–water partition coefficient (Wildman–Crippen LogP) is 4.41. The van der Waals surface area contributed by atoms with Gasteiger partial charge in [0.15, 0.2) is 0 Å². The van der Waals surface area contributed by atoms with Crippen LogP contribution in [0.3, 0.4) is 0 Å². The van der Waals surface area contributed by atoms with Crippen molar-refractivity contribution in [1.29, 1.82) is 0 Å². The van der Waals surface area contributed by atoms with Crippen molar-refractivity contribution in [2.45, 2.75) is 39.2 Å². The molecule has 0 bridgehead atoms. The molecule has 0 aliphatic heterocycles. The molecular formula is C18H25N. The molecule has 2 aromatic carbocycles. The van der Waals surface area contributed by atoms with Gasteiger partial charge in [0.2, 0.25) is 0 Å². The average Bonchev–Trinajstić information content (AvgIpc) is 2.43. The molecule has 102 valence electrons. The van der Waals surface area contributed by atoms with E-state index in [9.17, 15) is 0 Å². The molecule has 0 aliphatic rings. The zero-order valence-electron chi connectivity index (χ0n) is 12.3. The minimum absolute atomic E-state index is 0.577. The highest BCUT2D eigenvalue weighted by atomic mass is 14.9. The van der Waals surface area contributed by atoms with Gasteiger partial charge >= 0.3 is 0 Å². The standard InChI is InChI=1S/C18H25N/c1-14(2)11-12-17(19-3)13-16-9-6-8-15-7-4-5-10-18(15)16/h4-10,14,17,19H,11-13H2,1-3H3. The topological polar surface area (TPSA) is 12.0 Å². The van der Waals surface area contributed by atoms with E-state index < -0.39 is 0 Å². The van der Waals surface area contributed by atoms with Crippen molar-refractivity contribution in [3.8, 4) is 0 Å². The maximum Gasteiger partial charge on any atom is 0.0105 e. The van der Waals surface area contributed by atoms with Crippen molar-refractivity contribution < 1.29 is 0 Å². The predicted molar refractivity (Wildman–Crippen MR) is 84.6 cm³/mol. The normalized spacial score (nSPS) is 13.1. The Morgan fingerprint density at radius 2 is 1.68 bits per heavy atom. The van der Waals surface area contributed by atoms with E-state index in [0.29, 0.717) is 6.04 Å². The van der Waals surface area contributed by atoms with Crippen molar-refractivity contribution in [2.75, 3.05) is 7.05 Å². The van der Waals surface area contributed by atoms with Gasteiger partial charge in [-0.1, -0.05) is 56.3 Å². The molecule has 1 heteroatoms. The Labute approximate surface area is 117 Å². The van der Waals surface area contributed by atoms with Gasteiger partial charge in [-0.2, -0.15) is 0 Å². The van der Waals surface area contributed by atoms with Crippen LogP contribution >= 0.6 is 0 Å². The monoisotopic (exact) mass is 255 g/mol. The van der Waals surface area contributed by atoms with E-state index in [-0.39, 0.29) is 0 Å². The van der Waals surface area contributed by atoms with Crippen LogP contribution < -0.4 is 5.32 Å². The molecule has 0 heterocycles. The summed E-state index contributed by atoms with van der Waals surface area (Å²) in [5.41, 5.74) is 1.46. The first-order valence-corrected chi connectivity index (χ1v) is 7.34. The third-order valence-corrected chi connectivity index (χ3v) is 3.85. The fourth-order valence-electron chi connectivity index (χ4n) is 2.62. The number of nitrogens with one attached hydrogen (secondary N) is 1. The third-order valence-electron chi connectivity index (χ3n) is 3.85. The van der Waals surface area contributed by atoms with Crippen LogP contribution in [-0.4, -0.2) is 13.1 Å². The van der Waals surface area contributed by atoms with Crippen LogP contribution in [0, 0.1) is 5.92 Å². The quantitative estimate of drug-likeness (QED) is 0.806.